The van der Waals surface area contributed by atoms with Gasteiger partial charge in [-0.3, -0.25) is 0 Å². The summed E-state index contributed by atoms with van der Waals surface area (Å²) in [5.74, 6) is 1.89. The first-order valence-electron chi connectivity index (χ1n) is 7.78. The number of fused-ring (bicyclic) bond motifs is 2. The van der Waals surface area contributed by atoms with Gasteiger partial charge < -0.3 is 15.2 Å². The van der Waals surface area contributed by atoms with Crippen molar-refractivity contribution in [3.63, 3.8) is 0 Å². The summed E-state index contributed by atoms with van der Waals surface area (Å²) in [6, 6.07) is 2.36. The molecule has 2 unspecified atom stereocenters. The molecule has 2 bridgehead atoms. The zero-order valence-electron chi connectivity index (χ0n) is 11.7. The molecule has 2 atom stereocenters. The van der Waals surface area contributed by atoms with E-state index in [4.69, 9.17) is 0 Å². The van der Waals surface area contributed by atoms with Crippen LogP contribution in [0.15, 0.2) is 6.20 Å². The molecule has 1 aromatic heterocycles. The van der Waals surface area contributed by atoms with E-state index >= 15 is 0 Å². The SMILES string of the molecule is CN1C2CCC1CC(c1ncc(CNC3CC3)[nH]1)C2. The highest BCUT2D eigenvalue weighted by Gasteiger charge is 2.39. The van der Waals surface area contributed by atoms with Gasteiger partial charge in [0.2, 0.25) is 0 Å². The number of aromatic amines is 1. The van der Waals surface area contributed by atoms with Crippen LogP contribution in [0.3, 0.4) is 0 Å². The van der Waals surface area contributed by atoms with E-state index in [0.29, 0.717) is 5.92 Å². The number of rotatable bonds is 4. The second-order valence-corrected chi connectivity index (χ2v) is 6.67. The molecule has 3 heterocycles. The largest absolute Gasteiger partial charge is 0.345 e. The summed E-state index contributed by atoms with van der Waals surface area (Å²) < 4.78 is 0. The fraction of sp³-hybridized carbons (Fsp3) is 0.800. The van der Waals surface area contributed by atoms with Gasteiger partial charge in [-0.15, -0.1) is 0 Å². The highest BCUT2D eigenvalue weighted by atomic mass is 15.2. The fourth-order valence-electron chi connectivity index (χ4n) is 3.85. The summed E-state index contributed by atoms with van der Waals surface area (Å²) in [5.41, 5.74) is 1.26. The summed E-state index contributed by atoms with van der Waals surface area (Å²) in [6.45, 7) is 0.956. The number of imidazole rings is 1. The fourth-order valence-corrected chi connectivity index (χ4v) is 3.85. The van der Waals surface area contributed by atoms with Crippen LogP contribution in [0.25, 0.3) is 0 Å². The van der Waals surface area contributed by atoms with E-state index in [9.17, 15) is 0 Å². The van der Waals surface area contributed by atoms with Gasteiger partial charge in [-0.05, 0) is 45.6 Å². The van der Waals surface area contributed by atoms with E-state index in [2.05, 4.69) is 27.2 Å². The number of hydrogen-bond donors (Lipinski definition) is 2. The van der Waals surface area contributed by atoms with Gasteiger partial charge in [0.05, 0.1) is 0 Å². The topological polar surface area (TPSA) is 44.0 Å². The van der Waals surface area contributed by atoms with Crippen LogP contribution in [0.1, 0.15) is 56.0 Å². The van der Waals surface area contributed by atoms with E-state index in [1.54, 1.807) is 0 Å². The second-order valence-electron chi connectivity index (χ2n) is 6.67. The van der Waals surface area contributed by atoms with Crippen LogP contribution in [0.5, 0.6) is 0 Å². The molecule has 3 fully saturated rings. The Bertz CT molecular complexity index is 437. The summed E-state index contributed by atoms with van der Waals surface area (Å²) in [6.07, 6.45) is 10.1. The molecule has 0 radical (unpaired) electrons. The molecule has 2 N–H and O–H groups in total. The van der Waals surface area contributed by atoms with Crippen molar-refractivity contribution in [1.82, 2.24) is 20.2 Å². The molecule has 1 aliphatic carbocycles. The normalized spacial score (nSPS) is 34.9. The monoisotopic (exact) mass is 260 g/mol. The van der Waals surface area contributed by atoms with Crippen LogP contribution >= 0.6 is 0 Å². The lowest BCUT2D eigenvalue weighted by molar-refractivity contribution is 0.159. The quantitative estimate of drug-likeness (QED) is 0.870. The predicted molar refractivity (Wildman–Crippen MR) is 75.0 cm³/mol. The predicted octanol–water partition coefficient (Wildman–Crippen LogP) is 2.00. The van der Waals surface area contributed by atoms with Gasteiger partial charge in [-0.1, -0.05) is 0 Å². The van der Waals surface area contributed by atoms with Gasteiger partial charge in [0, 0.05) is 42.5 Å². The minimum Gasteiger partial charge on any atom is -0.345 e. The molecular formula is C15H24N4. The first kappa shape index (κ1) is 11.9. The van der Waals surface area contributed by atoms with Gasteiger partial charge in [0.25, 0.3) is 0 Å². The molecule has 0 spiro atoms. The standard InChI is InChI=1S/C15H24N4/c1-19-13-4-5-14(19)7-10(6-13)15-17-9-12(18-15)8-16-11-2-3-11/h9-11,13-14,16H,2-8H2,1H3,(H,17,18). The van der Waals surface area contributed by atoms with Crippen molar-refractivity contribution < 1.29 is 0 Å². The minimum absolute atomic E-state index is 0.656. The van der Waals surface area contributed by atoms with Gasteiger partial charge in [0.15, 0.2) is 0 Å². The zero-order valence-corrected chi connectivity index (χ0v) is 11.7. The Morgan fingerprint density at radius 1 is 1.26 bits per heavy atom. The van der Waals surface area contributed by atoms with Crippen LogP contribution < -0.4 is 5.32 Å². The molecular weight excluding hydrogens is 236 g/mol. The van der Waals surface area contributed by atoms with Crippen molar-refractivity contribution >= 4 is 0 Å². The van der Waals surface area contributed by atoms with Crippen LogP contribution in [0, 0.1) is 0 Å². The molecule has 104 valence electrons. The number of aromatic nitrogens is 2. The Balaban J connectivity index is 1.41. The summed E-state index contributed by atoms with van der Waals surface area (Å²) in [4.78, 5) is 10.8. The third kappa shape index (κ3) is 2.32. The number of nitrogens with one attached hydrogen (secondary N) is 2. The maximum atomic E-state index is 4.65. The molecule has 4 rings (SSSR count). The summed E-state index contributed by atoms with van der Waals surface area (Å²) in [5, 5.41) is 3.55. The molecule has 4 nitrogen and oxygen atoms in total. The maximum Gasteiger partial charge on any atom is 0.109 e. The van der Waals surface area contributed by atoms with Gasteiger partial charge in [-0.2, -0.15) is 0 Å². The molecule has 2 aliphatic heterocycles. The minimum atomic E-state index is 0.656. The van der Waals surface area contributed by atoms with Crippen LogP contribution in [-0.4, -0.2) is 40.0 Å². The number of piperidine rings is 1. The lowest BCUT2D eigenvalue weighted by Gasteiger charge is -2.35. The van der Waals surface area contributed by atoms with E-state index in [0.717, 1.165) is 24.7 Å². The van der Waals surface area contributed by atoms with Crippen molar-refractivity contribution in [3.05, 3.63) is 17.7 Å². The highest BCUT2D eigenvalue weighted by Crippen LogP contribution is 2.41. The number of H-pyrrole nitrogens is 1. The lowest BCUT2D eigenvalue weighted by atomic mass is 9.90. The van der Waals surface area contributed by atoms with E-state index in [1.165, 1.54) is 50.0 Å². The van der Waals surface area contributed by atoms with Crippen molar-refractivity contribution in [1.29, 1.82) is 0 Å². The third-order valence-electron chi connectivity index (χ3n) is 5.29. The smallest absolute Gasteiger partial charge is 0.109 e. The van der Waals surface area contributed by atoms with Crippen molar-refractivity contribution in [2.45, 2.75) is 69.1 Å². The van der Waals surface area contributed by atoms with Crippen LogP contribution in [0.4, 0.5) is 0 Å². The van der Waals surface area contributed by atoms with E-state index < -0.39 is 0 Å². The molecule has 4 heteroatoms. The summed E-state index contributed by atoms with van der Waals surface area (Å²) >= 11 is 0. The maximum absolute atomic E-state index is 4.65. The molecule has 1 aromatic rings. The van der Waals surface area contributed by atoms with Crippen molar-refractivity contribution in [2.24, 2.45) is 0 Å². The Morgan fingerprint density at radius 3 is 2.68 bits per heavy atom. The van der Waals surface area contributed by atoms with E-state index in [-0.39, 0.29) is 0 Å². The molecule has 1 saturated carbocycles. The first-order chi connectivity index (χ1) is 9.29. The summed E-state index contributed by atoms with van der Waals surface area (Å²) in [7, 11) is 2.30. The molecule has 3 aliphatic rings. The Kier molecular flexibility index (Phi) is 2.88. The second kappa shape index (κ2) is 4.60. The number of nitrogens with zero attached hydrogens (tertiary/aromatic N) is 2. The van der Waals surface area contributed by atoms with Crippen LogP contribution in [0.2, 0.25) is 0 Å². The molecule has 0 aromatic carbocycles. The lowest BCUT2D eigenvalue weighted by Crippen LogP contribution is -2.39. The first-order valence-corrected chi connectivity index (χ1v) is 7.78. The Labute approximate surface area is 115 Å². The Morgan fingerprint density at radius 2 is 2.00 bits per heavy atom. The third-order valence-corrected chi connectivity index (χ3v) is 5.29. The number of hydrogen-bond acceptors (Lipinski definition) is 3. The highest BCUT2D eigenvalue weighted by molar-refractivity contribution is 5.10. The van der Waals surface area contributed by atoms with Crippen LogP contribution in [-0.2, 0) is 6.54 Å². The molecule has 0 amide bonds. The average Bonchev–Trinajstić information content (AvgIpc) is 3.10. The van der Waals surface area contributed by atoms with Gasteiger partial charge in [-0.25, -0.2) is 4.98 Å². The van der Waals surface area contributed by atoms with Gasteiger partial charge >= 0.3 is 0 Å². The van der Waals surface area contributed by atoms with Crippen molar-refractivity contribution in [3.8, 4) is 0 Å². The van der Waals surface area contributed by atoms with Gasteiger partial charge in [0.1, 0.15) is 5.82 Å². The zero-order chi connectivity index (χ0) is 12.8. The van der Waals surface area contributed by atoms with Crippen molar-refractivity contribution in [2.75, 3.05) is 7.05 Å². The van der Waals surface area contributed by atoms with E-state index in [1.807, 2.05) is 6.20 Å². The Hall–Kier alpha value is -0.870. The molecule has 2 saturated heterocycles. The average molecular weight is 260 g/mol. The molecule has 19 heavy (non-hydrogen) atoms.